The molecular weight excluding hydrogens is 288 g/mol. The largest absolute Gasteiger partial charge is 0.349 e. The maximum Gasteiger partial charge on any atom is 0.142 e. The third-order valence-corrected chi connectivity index (χ3v) is 3.49. The predicted molar refractivity (Wildman–Crippen MR) is 75.1 cm³/mol. The van der Waals surface area contributed by atoms with E-state index in [0.29, 0.717) is 10.6 Å². The molecule has 2 rings (SSSR count). The van der Waals surface area contributed by atoms with Gasteiger partial charge in [0.1, 0.15) is 11.6 Å². The zero-order chi connectivity index (χ0) is 13.8. The molecule has 0 aliphatic rings. The molecule has 0 saturated heterocycles. The fourth-order valence-corrected chi connectivity index (χ4v) is 2.37. The van der Waals surface area contributed by atoms with Crippen LogP contribution in [0.3, 0.4) is 0 Å². The first-order valence-corrected chi connectivity index (χ1v) is 6.69. The SMILES string of the molecule is CC(NCCc1ncc[nH]1)c1cc(F)c(Cl)cc1Cl. The fraction of sp³-hybridized carbons (Fsp3) is 0.308. The normalized spacial score (nSPS) is 12.6. The molecule has 0 spiro atoms. The number of hydrogen-bond donors (Lipinski definition) is 2. The van der Waals surface area contributed by atoms with Gasteiger partial charge in [0, 0.05) is 36.4 Å². The number of halogens is 3. The highest BCUT2D eigenvalue weighted by molar-refractivity contribution is 6.35. The van der Waals surface area contributed by atoms with Gasteiger partial charge in [-0.3, -0.25) is 0 Å². The minimum atomic E-state index is -0.458. The van der Waals surface area contributed by atoms with Crippen LogP contribution in [-0.4, -0.2) is 16.5 Å². The van der Waals surface area contributed by atoms with Crippen molar-refractivity contribution in [2.24, 2.45) is 0 Å². The lowest BCUT2D eigenvalue weighted by atomic mass is 10.1. The Morgan fingerprint density at radius 1 is 1.37 bits per heavy atom. The minimum absolute atomic E-state index is 0.0385. The molecule has 0 aliphatic carbocycles. The Hall–Kier alpha value is -1.10. The summed E-state index contributed by atoms with van der Waals surface area (Å²) in [6, 6.07) is 2.74. The van der Waals surface area contributed by atoms with Gasteiger partial charge in [0.15, 0.2) is 0 Å². The van der Waals surface area contributed by atoms with Crippen molar-refractivity contribution in [3.8, 4) is 0 Å². The summed E-state index contributed by atoms with van der Waals surface area (Å²) in [5.74, 6) is 0.453. The van der Waals surface area contributed by atoms with Gasteiger partial charge >= 0.3 is 0 Å². The van der Waals surface area contributed by atoms with Gasteiger partial charge in [-0.15, -0.1) is 0 Å². The Kier molecular flexibility index (Phi) is 4.80. The lowest BCUT2D eigenvalue weighted by molar-refractivity contribution is 0.563. The number of hydrogen-bond acceptors (Lipinski definition) is 2. The summed E-state index contributed by atoms with van der Waals surface area (Å²) in [5, 5.41) is 3.77. The molecule has 3 nitrogen and oxygen atoms in total. The van der Waals surface area contributed by atoms with Crippen LogP contribution in [0.4, 0.5) is 4.39 Å². The van der Waals surface area contributed by atoms with Crippen LogP contribution >= 0.6 is 23.2 Å². The molecule has 0 bridgehead atoms. The number of rotatable bonds is 5. The topological polar surface area (TPSA) is 40.7 Å². The first kappa shape index (κ1) is 14.3. The molecule has 1 aromatic carbocycles. The van der Waals surface area contributed by atoms with Crippen LogP contribution in [-0.2, 0) is 6.42 Å². The van der Waals surface area contributed by atoms with Gasteiger partial charge in [0.05, 0.1) is 5.02 Å². The molecule has 1 heterocycles. The Morgan fingerprint density at radius 3 is 2.84 bits per heavy atom. The van der Waals surface area contributed by atoms with Crippen LogP contribution in [0.5, 0.6) is 0 Å². The van der Waals surface area contributed by atoms with Crippen LogP contribution in [0.2, 0.25) is 10.0 Å². The molecule has 1 aromatic heterocycles. The van der Waals surface area contributed by atoms with Gasteiger partial charge < -0.3 is 10.3 Å². The number of benzene rings is 1. The predicted octanol–water partition coefficient (Wildman–Crippen LogP) is 3.75. The van der Waals surface area contributed by atoms with Crippen molar-refractivity contribution >= 4 is 23.2 Å². The highest BCUT2D eigenvalue weighted by Crippen LogP contribution is 2.28. The van der Waals surface area contributed by atoms with Gasteiger partial charge in [-0.05, 0) is 24.6 Å². The van der Waals surface area contributed by atoms with E-state index in [4.69, 9.17) is 23.2 Å². The number of aromatic amines is 1. The summed E-state index contributed by atoms with van der Waals surface area (Å²) in [4.78, 5) is 7.15. The molecule has 0 saturated carbocycles. The average Bonchev–Trinajstić information content (AvgIpc) is 2.86. The van der Waals surface area contributed by atoms with Crippen LogP contribution in [0, 0.1) is 5.82 Å². The van der Waals surface area contributed by atoms with E-state index >= 15 is 0 Å². The molecule has 6 heteroatoms. The minimum Gasteiger partial charge on any atom is -0.349 e. The number of nitrogens with zero attached hydrogens (tertiary/aromatic N) is 1. The van der Waals surface area contributed by atoms with Crippen molar-refractivity contribution in [3.63, 3.8) is 0 Å². The molecule has 1 atom stereocenters. The second-order valence-corrected chi connectivity index (χ2v) is 5.06. The van der Waals surface area contributed by atoms with Crippen molar-refractivity contribution in [3.05, 3.63) is 51.8 Å². The van der Waals surface area contributed by atoms with Gasteiger partial charge in [0.25, 0.3) is 0 Å². The Balaban J connectivity index is 1.96. The third kappa shape index (κ3) is 3.69. The summed E-state index contributed by atoms with van der Waals surface area (Å²) in [5.41, 5.74) is 0.697. The van der Waals surface area contributed by atoms with Crippen molar-refractivity contribution in [2.75, 3.05) is 6.54 Å². The van der Waals surface area contributed by atoms with Crippen molar-refractivity contribution in [2.45, 2.75) is 19.4 Å². The molecule has 0 radical (unpaired) electrons. The highest BCUT2D eigenvalue weighted by Gasteiger charge is 2.13. The standard InChI is InChI=1S/C13H14Cl2FN3/c1-8(17-3-2-13-18-4-5-19-13)9-6-12(16)11(15)7-10(9)14/h4-8,17H,2-3H2,1H3,(H,18,19). The number of aromatic nitrogens is 2. The molecule has 0 amide bonds. The number of nitrogens with one attached hydrogen (secondary N) is 2. The van der Waals surface area contributed by atoms with E-state index in [1.807, 2.05) is 6.92 Å². The van der Waals surface area contributed by atoms with Gasteiger partial charge in [0.2, 0.25) is 0 Å². The van der Waals surface area contributed by atoms with E-state index in [1.54, 1.807) is 12.4 Å². The zero-order valence-electron chi connectivity index (χ0n) is 10.4. The summed E-state index contributed by atoms with van der Waals surface area (Å²) in [6.45, 7) is 2.64. The van der Waals surface area contributed by atoms with Crippen LogP contribution in [0.25, 0.3) is 0 Å². The summed E-state index contributed by atoms with van der Waals surface area (Å²) >= 11 is 11.7. The molecule has 2 N–H and O–H groups in total. The Labute approximate surface area is 121 Å². The molecule has 2 aromatic rings. The molecule has 19 heavy (non-hydrogen) atoms. The van der Waals surface area contributed by atoms with Crippen LogP contribution in [0.15, 0.2) is 24.5 Å². The molecule has 1 unspecified atom stereocenters. The van der Waals surface area contributed by atoms with E-state index in [-0.39, 0.29) is 11.1 Å². The summed E-state index contributed by atoms with van der Waals surface area (Å²) < 4.78 is 13.4. The quantitative estimate of drug-likeness (QED) is 0.826. The molecule has 102 valence electrons. The average molecular weight is 302 g/mol. The molecular formula is C13H14Cl2FN3. The van der Waals surface area contributed by atoms with Crippen LogP contribution < -0.4 is 5.32 Å². The van der Waals surface area contributed by atoms with Gasteiger partial charge in [-0.2, -0.15) is 0 Å². The molecule has 0 aliphatic heterocycles. The third-order valence-electron chi connectivity index (χ3n) is 2.87. The van der Waals surface area contributed by atoms with Crippen molar-refractivity contribution in [1.82, 2.24) is 15.3 Å². The first-order chi connectivity index (χ1) is 9.08. The van der Waals surface area contributed by atoms with Crippen molar-refractivity contribution in [1.29, 1.82) is 0 Å². The second-order valence-electron chi connectivity index (χ2n) is 4.25. The van der Waals surface area contributed by atoms with E-state index < -0.39 is 5.82 Å². The van der Waals surface area contributed by atoms with E-state index in [0.717, 1.165) is 18.8 Å². The maximum absolute atomic E-state index is 13.4. The maximum atomic E-state index is 13.4. The molecule has 0 fully saturated rings. The monoisotopic (exact) mass is 301 g/mol. The lowest BCUT2D eigenvalue weighted by Gasteiger charge is -2.16. The fourth-order valence-electron chi connectivity index (χ4n) is 1.82. The number of imidazole rings is 1. The lowest BCUT2D eigenvalue weighted by Crippen LogP contribution is -2.22. The van der Waals surface area contributed by atoms with E-state index in [1.165, 1.54) is 12.1 Å². The zero-order valence-corrected chi connectivity index (χ0v) is 11.9. The Bertz CT molecular complexity index is 543. The smallest absolute Gasteiger partial charge is 0.142 e. The summed E-state index contributed by atoms with van der Waals surface area (Å²) in [7, 11) is 0. The van der Waals surface area contributed by atoms with Gasteiger partial charge in [-0.1, -0.05) is 23.2 Å². The first-order valence-electron chi connectivity index (χ1n) is 5.94. The van der Waals surface area contributed by atoms with E-state index in [9.17, 15) is 4.39 Å². The highest BCUT2D eigenvalue weighted by atomic mass is 35.5. The van der Waals surface area contributed by atoms with Crippen molar-refractivity contribution < 1.29 is 4.39 Å². The van der Waals surface area contributed by atoms with Crippen LogP contribution in [0.1, 0.15) is 24.4 Å². The number of H-pyrrole nitrogens is 1. The Morgan fingerprint density at radius 2 is 2.16 bits per heavy atom. The van der Waals surface area contributed by atoms with E-state index in [2.05, 4.69) is 15.3 Å². The second kappa shape index (κ2) is 6.37. The van der Waals surface area contributed by atoms with Gasteiger partial charge in [-0.25, -0.2) is 9.37 Å². The summed E-state index contributed by atoms with van der Waals surface area (Å²) in [6.07, 6.45) is 4.26.